The molecular formula is C31H33Cl4N3O4S. The molecule has 0 heterocycles. The zero-order valence-corrected chi connectivity index (χ0v) is 27.5. The summed E-state index contributed by atoms with van der Waals surface area (Å²) in [6.07, 6.45) is 6.12. The van der Waals surface area contributed by atoms with Crippen LogP contribution >= 0.6 is 46.4 Å². The fraction of sp³-hybridized carbons (Fsp3) is 0.355. The van der Waals surface area contributed by atoms with Crippen molar-refractivity contribution in [2.45, 2.75) is 57.2 Å². The molecule has 12 heteroatoms. The number of hydrogen-bond acceptors (Lipinski definition) is 4. The highest BCUT2D eigenvalue weighted by Gasteiger charge is 2.34. The van der Waals surface area contributed by atoms with Crippen LogP contribution < -0.4 is 9.62 Å². The van der Waals surface area contributed by atoms with Crippen molar-refractivity contribution in [3.8, 4) is 0 Å². The van der Waals surface area contributed by atoms with Crippen LogP contribution in [0, 0.1) is 0 Å². The number of carbonyl (C=O) groups is 2. The predicted octanol–water partition coefficient (Wildman–Crippen LogP) is 7.16. The molecule has 1 N–H and O–H groups in total. The number of anilines is 1. The number of sulfonamides is 1. The highest BCUT2D eigenvalue weighted by molar-refractivity contribution is 7.92. The zero-order chi connectivity index (χ0) is 31.1. The number of nitrogens with one attached hydrogen (secondary N) is 1. The van der Waals surface area contributed by atoms with Crippen molar-refractivity contribution in [2.24, 2.45) is 0 Å². The van der Waals surface area contributed by atoms with E-state index in [0.29, 0.717) is 15.6 Å². The van der Waals surface area contributed by atoms with Gasteiger partial charge in [-0.25, -0.2) is 8.42 Å². The summed E-state index contributed by atoms with van der Waals surface area (Å²) in [6.45, 7) is -0.579. The van der Waals surface area contributed by atoms with Gasteiger partial charge in [0.05, 0.1) is 32.0 Å². The number of nitrogens with zero attached hydrogens (tertiary/aromatic N) is 2. The Morgan fingerprint density at radius 2 is 1.47 bits per heavy atom. The number of benzene rings is 3. The van der Waals surface area contributed by atoms with Gasteiger partial charge in [-0.3, -0.25) is 13.9 Å². The molecule has 0 saturated heterocycles. The summed E-state index contributed by atoms with van der Waals surface area (Å²) in [5, 5.41) is 4.20. The average molecular weight is 686 g/mol. The fourth-order valence-corrected chi connectivity index (χ4v) is 6.64. The van der Waals surface area contributed by atoms with Crippen molar-refractivity contribution in [3.05, 3.63) is 97.9 Å². The third kappa shape index (κ3) is 9.25. The Labute approximate surface area is 273 Å². The molecular weight excluding hydrogens is 652 g/mol. The molecule has 0 bridgehead atoms. The summed E-state index contributed by atoms with van der Waals surface area (Å²) in [5.74, 6) is -0.882. The second kappa shape index (κ2) is 15.0. The minimum absolute atomic E-state index is 0.00480. The van der Waals surface area contributed by atoms with E-state index in [1.807, 2.05) is 30.3 Å². The lowest BCUT2D eigenvalue weighted by molar-refractivity contribution is -0.140. The normalized spacial score (nSPS) is 14.6. The molecule has 4 rings (SSSR count). The van der Waals surface area contributed by atoms with Crippen LogP contribution in [0.2, 0.25) is 20.1 Å². The Kier molecular flexibility index (Phi) is 11.6. The molecule has 1 fully saturated rings. The van der Waals surface area contributed by atoms with Crippen LogP contribution in [0.1, 0.15) is 43.2 Å². The first-order valence-electron chi connectivity index (χ1n) is 13.9. The van der Waals surface area contributed by atoms with Gasteiger partial charge < -0.3 is 10.2 Å². The minimum Gasteiger partial charge on any atom is -0.352 e. The highest BCUT2D eigenvalue weighted by atomic mass is 35.5. The number of amides is 2. The largest absolute Gasteiger partial charge is 0.352 e. The molecule has 1 aliphatic carbocycles. The molecule has 1 unspecified atom stereocenters. The van der Waals surface area contributed by atoms with Crippen LogP contribution in [0.3, 0.4) is 0 Å². The molecule has 3 aromatic carbocycles. The molecule has 0 radical (unpaired) electrons. The number of rotatable bonds is 11. The quantitative estimate of drug-likeness (QED) is 0.232. The van der Waals surface area contributed by atoms with Gasteiger partial charge in [-0.1, -0.05) is 102 Å². The fourth-order valence-electron chi connectivity index (χ4n) is 5.19. The molecule has 1 saturated carbocycles. The summed E-state index contributed by atoms with van der Waals surface area (Å²) in [7, 11) is -3.94. The van der Waals surface area contributed by atoms with Crippen molar-refractivity contribution in [1.82, 2.24) is 10.2 Å². The van der Waals surface area contributed by atoms with E-state index in [9.17, 15) is 18.0 Å². The monoisotopic (exact) mass is 683 g/mol. The second-order valence-electron chi connectivity index (χ2n) is 10.7. The summed E-state index contributed by atoms with van der Waals surface area (Å²) in [6, 6.07) is 17.8. The molecule has 230 valence electrons. The summed E-state index contributed by atoms with van der Waals surface area (Å²) < 4.78 is 26.9. The minimum atomic E-state index is -3.94. The maximum absolute atomic E-state index is 14.2. The Morgan fingerprint density at radius 1 is 0.837 bits per heavy atom. The van der Waals surface area contributed by atoms with Crippen LogP contribution in [0.5, 0.6) is 0 Å². The first-order chi connectivity index (χ1) is 20.4. The predicted molar refractivity (Wildman–Crippen MR) is 175 cm³/mol. The number of hydrogen-bond donors (Lipinski definition) is 1. The van der Waals surface area contributed by atoms with Gasteiger partial charge in [0.15, 0.2) is 0 Å². The summed E-state index contributed by atoms with van der Waals surface area (Å²) in [4.78, 5) is 29.6. The SMILES string of the molecule is CS(=O)(=O)N(CC(=O)N(Cc1ccc(Cl)c(Cl)c1)C(Cc1ccccc1)C(=O)NC1CCCCC1)c1ccc(Cl)c(Cl)c1. The van der Waals surface area contributed by atoms with Crippen molar-refractivity contribution in [3.63, 3.8) is 0 Å². The van der Waals surface area contributed by atoms with Gasteiger partial charge in [0, 0.05) is 19.0 Å². The molecule has 0 aromatic heterocycles. The van der Waals surface area contributed by atoms with Gasteiger partial charge in [-0.05, 0) is 54.3 Å². The Bertz CT molecular complexity index is 1550. The van der Waals surface area contributed by atoms with Crippen molar-refractivity contribution in [1.29, 1.82) is 0 Å². The molecule has 7 nitrogen and oxygen atoms in total. The van der Waals surface area contributed by atoms with E-state index < -0.39 is 28.5 Å². The van der Waals surface area contributed by atoms with E-state index in [1.54, 1.807) is 18.2 Å². The lowest BCUT2D eigenvalue weighted by Crippen LogP contribution is -2.55. The third-order valence-corrected chi connectivity index (χ3v) is 10.0. The van der Waals surface area contributed by atoms with Crippen LogP contribution in [-0.4, -0.2) is 50.0 Å². The van der Waals surface area contributed by atoms with Crippen molar-refractivity contribution < 1.29 is 18.0 Å². The Hall–Kier alpha value is -2.49. The molecule has 1 aliphatic rings. The lowest BCUT2D eigenvalue weighted by Gasteiger charge is -2.35. The second-order valence-corrected chi connectivity index (χ2v) is 14.2. The standard InChI is InChI=1S/C31H33Cl4N3O4S/c1-43(41,42)38(24-13-15-26(33)28(35)18-24)20-30(39)37(19-22-12-14-25(32)27(34)16-22)29(17-21-8-4-2-5-9-21)31(40)36-23-10-6-3-7-11-23/h2,4-5,8-9,12-16,18,23,29H,3,6-7,10-11,17,19-20H2,1H3,(H,36,40). The van der Waals surface area contributed by atoms with Crippen molar-refractivity contribution >= 4 is 73.9 Å². The topological polar surface area (TPSA) is 86.8 Å². The molecule has 2 amide bonds. The van der Waals surface area contributed by atoms with Gasteiger partial charge in [0.1, 0.15) is 12.6 Å². The van der Waals surface area contributed by atoms with Crippen LogP contribution in [-0.2, 0) is 32.6 Å². The summed E-state index contributed by atoms with van der Waals surface area (Å²) in [5.41, 5.74) is 1.65. The lowest BCUT2D eigenvalue weighted by atomic mass is 9.94. The molecule has 0 aliphatic heterocycles. The van der Waals surface area contributed by atoms with Gasteiger partial charge in [0.2, 0.25) is 21.8 Å². The van der Waals surface area contributed by atoms with Gasteiger partial charge in [0.25, 0.3) is 0 Å². The van der Waals surface area contributed by atoms with Crippen LogP contribution in [0.25, 0.3) is 0 Å². The first kappa shape index (κ1) is 33.4. The Balaban J connectivity index is 1.74. The first-order valence-corrected chi connectivity index (χ1v) is 17.3. The third-order valence-electron chi connectivity index (χ3n) is 7.43. The molecule has 43 heavy (non-hydrogen) atoms. The number of carbonyl (C=O) groups excluding carboxylic acids is 2. The zero-order valence-electron chi connectivity index (χ0n) is 23.6. The number of halogens is 4. The van der Waals surface area contributed by atoms with E-state index in [2.05, 4.69) is 5.32 Å². The van der Waals surface area contributed by atoms with Crippen molar-refractivity contribution in [2.75, 3.05) is 17.1 Å². The van der Waals surface area contributed by atoms with E-state index in [0.717, 1.165) is 48.2 Å². The average Bonchev–Trinajstić information content (AvgIpc) is 2.97. The van der Waals surface area contributed by atoms with E-state index in [1.165, 1.54) is 23.1 Å². The molecule has 0 spiro atoms. The molecule has 3 aromatic rings. The Morgan fingerprint density at radius 3 is 2.07 bits per heavy atom. The maximum Gasteiger partial charge on any atom is 0.244 e. The van der Waals surface area contributed by atoms with E-state index in [-0.39, 0.29) is 40.6 Å². The maximum atomic E-state index is 14.2. The van der Waals surface area contributed by atoms with Gasteiger partial charge in [-0.15, -0.1) is 0 Å². The van der Waals surface area contributed by atoms with Gasteiger partial charge in [-0.2, -0.15) is 0 Å². The summed E-state index contributed by atoms with van der Waals surface area (Å²) >= 11 is 24.7. The highest BCUT2D eigenvalue weighted by Crippen LogP contribution is 2.29. The van der Waals surface area contributed by atoms with Crippen LogP contribution in [0.4, 0.5) is 5.69 Å². The molecule has 1 atom stereocenters. The van der Waals surface area contributed by atoms with Crippen LogP contribution in [0.15, 0.2) is 66.7 Å². The van der Waals surface area contributed by atoms with E-state index in [4.69, 9.17) is 46.4 Å². The van der Waals surface area contributed by atoms with E-state index >= 15 is 0 Å². The van der Waals surface area contributed by atoms with Gasteiger partial charge >= 0.3 is 0 Å². The smallest absolute Gasteiger partial charge is 0.244 e.